The summed E-state index contributed by atoms with van der Waals surface area (Å²) in [6, 6.07) is 7.21. The first-order valence-electron chi connectivity index (χ1n) is 6.27. The summed E-state index contributed by atoms with van der Waals surface area (Å²) in [7, 11) is 0. The second-order valence-corrected chi connectivity index (χ2v) is 5.14. The fourth-order valence-corrected chi connectivity index (χ4v) is 2.28. The molecule has 0 aliphatic carbocycles. The van der Waals surface area contributed by atoms with Gasteiger partial charge in [0.05, 0.1) is 0 Å². The summed E-state index contributed by atoms with van der Waals surface area (Å²) < 4.78 is 19.2. The van der Waals surface area contributed by atoms with Gasteiger partial charge in [0.15, 0.2) is 6.10 Å². The molecule has 0 saturated heterocycles. The van der Waals surface area contributed by atoms with E-state index in [-0.39, 0.29) is 11.4 Å². The third kappa shape index (κ3) is 3.04. The maximum Gasteiger partial charge on any atom is 0.289 e. The van der Waals surface area contributed by atoms with E-state index in [1.54, 1.807) is 6.26 Å². The normalized spacial score (nSPS) is 11.7. The van der Waals surface area contributed by atoms with Crippen LogP contribution in [0.25, 0.3) is 0 Å². The molecule has 0 aliphatic rings. The Balaban J connectivity index is 2.22. The molecule has 1 atom stereocenters. The number of nitrogens with zero attached hydrogens (tertiary/aromatic N) is 3. The van der Waals surface area contributed by atoms with Crippen molar-refractivity contribution in [3.05, 3.63) is 35.6 Å². The lowest BCUT2D eigenvalue weighted by atomic mass is 10.3. The average Bonchev–Trinajstić information content (AvgIpc) is 2.84. The Morgan fingerprint density at radius 2 is 2.14 bits per heavy atom. The number of hydrogen-bond acceptors (Lipinski definition) is 6. The largest absolute Gasteiger partial charge is 0.481 e. The van der Waals surface area contributed by atoms with Gasteiger partial charge in [-0.25, -0.2) is 4.39 Å². The van der Waals surface area contributed by atoms with Gasteiger partial charge < -0.3 is 10.5 Å². The van der Waals surface area contributed by atoms with E-state index in [1.807, 2.05) is 6.07 Å². The maximum absolute atomic E-state index is 12.8. The van der Waals surface area contributed by atoms with E-state index in [1.165, 1.54) is 43.0 Å². The molecular weight excluding hydrogens is 307 g/mol. The molecule has 22 heavy (non-hydrogen) atoms. The minimum atomic E-state index is -0.895. The van der Waals surface area contributed by atoms with Crippen molar-refractivity contribution in [2.24, 2.45) is 0 Å². The van der Waals surface area contributed by atoms with E-state index in [0.717, 1.165) is 4.68 Å². The van der Waals surface area contributed by atoms with Crippen molar-refractivity contribution in [1.82, 2.24) is 9.78 Å². The summed E-state index contributed by atoms with van der Waals surface area (Å²) >= 11 is 1.22. The maximum atomic E-state index is 12.8. The molecule has 2 rings (SSSR count). The van der Waals surface area contributed by atoms with Crippen molar-refractivity contribution in [2.45, 2.75) is 18.1 Å². The highest BCUT2D eigenvalue weighted by Crippen LogP contribution is 2.24. The van der Waals surface area contributed by atoms with E-state index in [4.69, 9.17) is 15.7 Å². The van der Waals surface area contributed by atoms with Gasteiger partial charge in [0.2, 0.25) is 0 Å². The third-order valence-electron chi connectivity index (χ3n) is 2.88. The van der Waals surface area contributed by atoms with Crippen molar-refractivity contribution >= 4 is 23.5 Å². The zero-order chi connectivity index (χ0) is 16.3. The second-order valence-electron chi connectivity index (χ2n) is 4.35. The quantitative estimate of drug-likeness (QED) is 0.869. The summed E-state index contributed by atoms with van der Waals surface area (Å²) in [6.45, 7) is 1.53. The molecule has 0 spiro atoms. The monoisotopic (exact) mass is 320 g/mol. The smallest absolute Gasteiger partial charge is 0.289 e. The van der Waals surface area contributed by atoms with Gasteiger partial charge in [0, 0.05) is 0 Å². The SMILES string of the molecule is CSc1nn(C(=O)[C@H](C)Oc2ccc(F)cc2)c(N)c1C#N. The van der Waals surface area contributed by atoms with Gasteiger partial charge in [0.25, 0.3) is 5.91 Å². The van der Waals surface area contributed by atoms with Crippen molar-refractivity contribution in [3.63, 3.8) is 0 Å². The van der Waals surface area contributed by atoms with Crippen LogP contribution < -0.4 is 10.5 Å². The van der Waals surface area contributed by atoms with Crippen LogP contribution in [0.3, 0.4) is 0 Å². The summed E-state index contributed by atoms with van der Waals surface area (Å²) in [5.41, 5.74) is 5.94. The Labute approximate surface area is 130 Å². The molecule has 0 bridgehead atoms. The molecule has 2 aromatic rings. The Kier molecular flexibility index (Phi) is 4.68. The number of carbonyl (C=O) groups is 1. The summed E-state index contributed by atoms with van der Waals surface area (Å²) in [4.78, 5) is 12.3. The lowest BCUT2D eigenvalue weighted by molar-refractivity contribution is 0.0712. The fraction of sp³-hybridized carbons (Fsp3) is 0.214. The van der Waals surface area contributed by atoms with Crippen LogP contribution >= 0.6 is 11.8 Å². The molecule has 1 aromatic carbocycles. The third-order valence-corrected chi connectivity index (χ3v) is 3.55. The Bertz CT molecular complexity index is 737. The standard InChI is InChI=1S/C14H13FN4O2S/c1-8(21-10-5-3-9(15)4-6-10)14(20)19-12(17)11(7-16)13(18-19)22-2/h3-6,8H,17H2,1-2H3/t8-/m0/s1. The number of thioether (sulfide) groups is 1. The first-order valence-corrected chi connectivity index (χ1v) is 7.49. The van der Waals surface area contributed by atoms with Crippen LogP contribution in [0.2, 0.25) is 0 Å². The molecule has 8 heteroatoms. The van der Waals surface area contributed by atoms with Gasteiger partial charge in [-0.15, -0.1) is 11.8 Å². The number of ether oxygens (including phenoxy) is 1. The molecule has 114 valence electrons. The topological polar surface area (TPSA) is 93.9 Å². The van der Waals surface area contributed by atoms with Crippen LogP contribution in [0.1, 0.15) is 17.3 Å². The molecule has 1 heterocycles. The van der Waals surface area contributed by atoms with Crippen molar-refractivity contribution in [2.75, 3.05) is 12.0 Å². The van der Waals surface area contributed by atoms with Crippen LogP contribution in [0.4, 0.5) is 10.2 Å². The highest BCUT2D eigenvalue weighted by atomic mass is 32.2. The zero-order valence-electron chi connectivity index (χ0n) is 11.9. The molecule has 1 aromatic heterocycles. The number of nitriles is 1. The van der Waals surface area contributed by atoms with Gasteiger partial charge in [-0.05, 0) is 37.4 Å². The van der Waals surface area contributed by atoms with Crippen LogP contribution in [0.15, 0.2) is 29.3 Å². The van der Waals surface area contributed by atoms with Gasteiger partial charge in [-0.2, -0.15) is 15.0 Å². The van der Waals surface area contributed by atoms with Gasteiger partial charge in [-0.3, -0.25) is 4.79 Å². The predicted octanol–water partition coefficient (Wildman–Crippen LogP) is 2.31. The number of nitrogens with two attached hydrogens (primary N) is 1. The lowest BCUT2D eigenvalue weighted by Crippen LogP contribution is -2.31. The number of anilines is 1. The van der Waals surface area contributed by atoms with Gasteiger partial charge >= 0.3 is 0 Å². The number of aromatic nitrogens is 2. The number of benzene rings is 1. The van der Waals surface area contributed by atoms with Crippen LogP contribution in [0.5, 0.6) is 5.75 Å². The van der Waals surface area contributed by atoms with Crippen molar-refractivity contribution in [3.8, 4) is 11.8 Å². The van der Waals surface area contributed by atoms with E-state index in [0.29, 0.717) is 10.8 Å². The number of rotatable bonds is 4. The minimum Gasteiger partial charge on any atom is -0.481 e. The molecule has 0 amide bonds. The summed E-state index contributed by atoms with van der Waals surface area (Å²) in [5, 5.41) is 13.4. The second kappa shape index (κ2) is 6.49. The van der Waals surface area contributed by atoms with E-state index >= 15 is 0 Å². The molecule has 6 nitrogen and oxygen atoms in total. The number of carbonyl (C=O) groups excluding carboxylic acids is 1. The van der Waals surface area contributed by atoms with E-state index < -0.39 is 17.8 Å². The molecule has 0 saturated carbocycles. The summed E-state index contributed by atoms with van der Waals surface area (Å²) in [6.07, 6.45) is 0.837. The average molecular weight is 320 g/mol. The van der Waals surface area contributed by atoms with Crippen LogP contribution in [0, 0.1) is 17.1 Å². The Morgan fingerprint density at radius 3 is 2.64 bits per heavy atom. The first kappa shape index (κ1) is 15.9. The molecule has 0 aliphatic heterocycles. The van der Waals surface area contributed by atoms with Crippen LogP contribution in [-0.4, -0.2) is 28.0 Å². The van der Waals surface area contributed by atoms with Crippen molar-refractivity contribution < 1.29 is 13.9 Å². The number of hydrogen-bond donors (Lipinski definition) is 1. The zero-order valence-corrected chi connectivity index (χ0v) is 12.7. The highest BCUT2D eigenvalue weighted by Gasteiger charge is 2.24. The van der Waals surface area contributed by atoms with Crippen molar-refractivity contribution in [1.29, 1.82) is 5.26 Å². The lowest BCUT2D eigenvalue weighted by Gasteiger charge is -2.13. The number of nitrogen functional groups attached to an aromatic ring is 1. The molecule has 0 radical (unpaired) electrons. The fourth-order valence-electron chi connectivity index (χ4n) is 1.77. The highest BCUT2D eigenvalue weighted by molar-refractivity contribution is 7.98. The first-order chi connectivity index (χ1) is 10.5. The predicted molar refractivity (Wildman–Crippen MR) is 80.3 cm³/mol. The number of halogens is 1. The molecule has 0 fully saturated rings. The summed E-state index contributed by atoms with van der Waals surface area (Å²) in [5.74, 6) is -0.588. The minimum absolute atomic E-state index is 0.0218. The molecular formula is C14H13FN4O2S. The van der Waals surface area contributed by atoms with E-state index in [2.05, 4.69) is 5.10 Å². The Hall–Kier alpha value is -2.53. The van der Waals surface area contributed by atoms with Crippen LogP contribution in [-0.2, 0) is 0 Å². The molecule has 2 N–H and O–H groups in total. The van der Waals surface area contributed by atoms with Gasteiger partial charge in [-0.1, -0.05) is 0 Å². The molecule has 0 unspecified atom stereocenters. The van der Waals surface area contributed by atoms with E-state index in [9.17, 15) is 9.18 Å². The Morgan fingerprint density at radius 1 is 1.50 bits per heavy atom. The van der Waals surface area contributed by atoms with Gasteiger partial charge in [0.1, 0.15) is 34.0 Å².